The number of carbonyl (C=O) groups excluding carboxylic acids is 1. The maximum absolute atomic E-state index is 14.3. The number of carbonyl (C=O) groups is 1. The standard InChI is InChI=1S/C23H24F2N5O9P/c1-3-33-19-16-18(28-21(26)29-19)27-10-30(16)20-23(2)17(37-22(31)38-23)14(36-20)9-35-40(32)34-8-7-13(39-40)11-5-4-6-12(24)15(11)25/h4-6,10,13-14,17,20H,3,7-9H2,1-2H3,(H2,26,28,29)/t13-,14+,17+,20+,23+,40+/m0/s1. The van der Waals surface area contributed by atoms with E-state index < -0.39 is 62.4 Å². The van der Waals surface area contributed by atoms with Crippen LogP contribution in [0.5, 0.6) is 5.88 Å². The Hall–Kier alpha value is -3.43. The molecule has 0 bridgehead atoms. The van der Waals surface area contributed by atoms with Gasteiger partial charge >= 0.3 is 14.0 Å². The maximum atomic E-state index is 14.3. The van der Waals surface area contributed by atoms with Gasteiger partial charge in [-0.25, -0.2) is 23.1 Å². The Morgan fingerprint density at radius 3 is 2.92 bits per heavy atom. The number of halogens is 2. The molecule has 0 spiro atoms. The van der Waals surface area contributed by atoms with Crippen molar-refractivity contribution in [2.45, 2.75) is 50.4 Å². The van der Waals surface area contributed by atoms with Gasteiger partial charge in [0.1, 0.15) is 12.4 Å². The fraction of sp³-hybridized carbons (Fsp3) is 0.478. The zero-order valence-electron chi connectivity index (χ0n) is 21.2. The highest BCUT2D eigenvalue weighted by Crippen LogP contribution is 2.58. The molecule has 0 amide bonds. The average Bonchev–Trinajstić information content (AvgIpc) is 3.53. The van der Waals surface area contributed by atoms with Crippen molar-refractivity contribution in [3.63, 3.8) is 0 Å². The van der Waals surface area contributed by atoms with E-state index in [0.717, 1.165) is 6.07 Å². The third-order valence-corrected chi connectivity index (χ3v) is 8.26. The number of nitrogens with two attached hydrogens (primary N) is 1. The Morgan fingerprint density at radius 1 is 1.30 bits per heavy atom. The molecule has 3 saturated heterocycles. The number of phosphoric acid groups is 1. The molecule has 3 aromatic rings. The second-order valence-electron chi connectivity index (χ2n) is 9.35. The molecule has 1 aromatic carbocycles. The minimum Gasteiger partial charge on any atom is -0.476 e. The summed E-state index contributed by atoms with van der Waals surface area (Å²) in [7, 11) is -4.26. The number of hydrogen-bond donors (Lipinski definition) is 1. The van der Waals surface area contributed by atoms with Crippen molar-refractivity contribution in [3.05, 3.63) is 41.7 Å². The monoisotopic (exact) mass is 583 g/mol. The Labute approximate surface area is 225 Å². The predicted octanol–water partition coefficient (Wildman–Crippen LogP) is 3.58. The lowest BCUT2D eigenvalue weighted by molar-refractivity contribution is -0.0925. The summed E-state index contributed by atoms with van der Waals surface area (Å²) < 4.78 is 81.9. The first-order chi connectivity index (χ1) is 19.1. The van der Waals surface area contributed by atoms with E-state index in [0.29, 0.717) is 5.52 Å². The van der Waals surface area contributed by atoms with E-state index in [1.165, 1.54) is 23.0 Å². The summed E-state index contributed by atoms with van der Waals surface area (Å²) in [6, 6.07) is 3.61. The number of nitrogen functional groups attached to an aromatic ring is 1. The Kier molecular flexibility index (Phi) is 6.62. The maximum Gasteiger partial charge on any atom is 0.509 e. The fourth-order valence-corrected chi connectivity index (χ4v) is 6.41. The van der Waals surface area contributed by atoms with Crippen LogP contribution in [0.25, 0.3) is 11.2 Å². The summed E-state index contributed by atoms with van der Waals surface area (Å²) in [4.78, 5) is 24.7. The Bertz CT molecular complexity index is 1530. The van der Waals surface area contributed by atoms with Gasteiger partial charge in [-0.3, -0.25) is 18.1 Å². The number of phosphoric ester groups is 1. The summed E-state index contributed by atoms with van der Waals surface area (Å²) in [5, 5.41) is 0. The molecule has 5 heterocycles. The van der Waals surface area contributed by atoms with Crippen molar-refractivity contribution in [1.29, 1.82) is 0 Å². The van der Waals surface area contributed by atoms with Crippen LogP contribution in [0.1, 0.15) is 38.2 Å². The minimum absolute atomic E-state index is 0.0480. The van der Waals surface area contributed by atoms with E-state index >= 15 is 0 Å². The molecule has 40 heavy (non-hydrogen) atoms. The number of rotatable bonds is 7. The normalized spacial score (nSPS) is 31.6. The predicted molar refractivity (Wildman–Crippen MR) is 129 cm³/mol. The van der Waals surface area contributed by atoms with Crippen molar-refractivity contribution < 1.29 is 50.7 Å². The molecular weight excluding hydrogens is 559 g/mol. The first-order valence-corrected chi connectivity index (χ1v) is 13.8. The van der Waals surface area contributed by atoms with Gasteiger partial charge in [-0.2, -0.15) is 9.97 Å². The number of fused-ring (bicyclic) bond motifs is 2. The molecule has 0 saturated carbocycles. The van der Waals surface area contributed by atoms with Gasteiger partial charge in [0.05, 0.1) is 25.9 Å². The summed E-state index contributed by atoms with van der Waals surface area (Å²) in [6.45, 7) is 3.09. The molecule has 0 radical (unpaired) electrons. The van der Waals surface area contributed by atoms with Gasteiger partial charge in [-0.1, -0.05) is 12.1 Å². The molecule has 3 aliphatic rings. The number of benzene rings is 1. The van der Waals surface area contributed by atoms with E-state index in [4.69, 9.17) is 38.3 Å². The Balaban J connectivity index is 1.25. The van der Waals surface area contributed by atoms with Crippen LogP contribution in [0.15, 0.2) is 24.5 Å². The number of aromatic nitrogens is 4. The fourth-order valence-electron chi connectivity index (χ4n) is 5.03. The first-order valence-electron chi connectivity index (χ1n) is 12.3. The summed E-state index contributed by atoms with van der Waals surface area (Å²) in [5.74, 6) is -2.09. The molecule has 3 fully saturated rings. The van der Waals surface area contributed by atoms with E-state index in [-0.39, 0.29) is 42.7 Å². The van der Waals surface area contributed by atoms with Gasteiger partial charge in [0.2, 0.25) is 11.8 Å². The molecule has 14 nitrogen and oxygen atoms in total. The van der Waals surface area contributed by atoms with Crippen molar-refractivity contribution in [2.24, 2.45) is 0 Å². The second kappa shape index (κ2) is 9.89. The van der Waals surface area contributed by atoms with Crippen LogP contribution in [0.4, 0.5) is 19.5 Å². The van der Waals surface area contributed by atoms with Crippen molar-refractivity contribution in [2.75, 3.05) is 25.6 Å². The molecule has 17 heteroatoms. The molecule has 0 unspecified atom stereocenters. The zero-order chi connectivity index (χ0) is 28.2. The van der Waals surface area contributed by atoms with Crippen LogP contribution in [0.2, 0.25) is 0 Å². The summed E-state index contributed by atoms with van der Waals surface area (Å²) in [6.07, 6.45) is -3.57. The molecule has 2 N–H and O–H groups in total. The topological polar surface area (TPSA) is 168 Å². The number of anilines is 1. The molecule has 214 valence electrons. The molecular formula is C23H24F2N5O9P. The van der Waals surface area contributed by atoms with Crippen LogP contribution >= 0.6 is 7.82 Å². The van der Waals surface area contributed by atoms with Crippen LogP contribution in [-0.4, -0.2) is 63.3 Å². The van der Waals surface area contributed by atoms with Crippen LogP contribution in [0, 0.1) is 11.6 Å². The average molecular weight is 583 g/mol. The van der Waals surface area contributed by atoms with Gasteiger partial charge in [0.25, 0.3) is 0 Å². The van der Waals surface area contributed by atoms with Gasteiger partial charge in [0.15, 0.2) is 40.7 Å². The third-order valence-electron chi connectivity index (χ3n) is 6.78. The van der Waals surface area contributed by atoms with Gasteiger partial charge in [-0.05, 0) is 19.9 Å². The number of nitrogens with zero attached hydrogens (tertiary/aromatic N) is 4. The lowest BCUT2D eigenvalue weighted by Crippen LogP contribution is -2.42. The largest absolute Gasteiger partial charge is 0.509 e. The molecule has 3 aliphatic heterocycles. The summed E-state index contributed by atoms with van der Waals surface area (Å²) >= 11 is 0. The van der Waals surface area contributed by atoms with Crippen molar-refractivity contribution >= 4 is 31.1 Å². The van der Waals surface area contributed by atoms with Crippen LogP contribution in [0.3, 0.4) is 0 Å². The van der Waals surface area contributed by atoms with Gasteiger partial charge < -0.3 is 24.7 Å². The second-order valence-corrected chi connectivity index (χ2v) is 11.0. The lowest BCUT2D eigenvalue weighted by Gasteiger charge is -2.30. The quantitative estimate of drug-likeness (QED) is 0.317. The number of ether oxygens (including phenoxy) is 4. The molecule has 0 aliphatic carbocycles. The SMILES string of the molecule is CCOc1nc(N)nc2ncn([C@@H]3O[C@H](CO[P@@]4(=O)OCC[C@@H](c5cccc(F)c5F)O4)[C@H]4OC(=O)O[C@]43C)c12. The molecule has 2 aromatic heterocycles. The van der Waals surface area contributed by atoms with Gasteiger partial charge in [0, 0.05) is 12.0 Å². The van der Waals surface area contributed by atoms with Crippen LogP contribution < -0.4 is 10.5 Å². The highest BCUT2D eigenvalue weighted by molar-refractivity contribution is 7.48. The summed E-state index contributed by atoms with van der Waals surface area (Å²) in [5.41, 5.74) is 4.82. The third kappa shape index (κ3) is 4.45. The number of hydrogen-bond acceptors (Lipinski definition) is 13. The molecule has 6 rings (SSSR count). The highest BCUT2D eigenvalue weighted by atomic mass is 31.2. The van der Waals surface area contributed by atoms with E-state index in [9.17, 15) is 18.1 Å². The number of imidazole rings is 1. The Morgan fingerprint density at radius 2 is 2.12 bits per heavy atom. The van der Waals surface area contributed by atoms with E-state index in [1.54, 1.807) is 13.8 Å². The first kappa shape index (κ1) is 26.8. The lowest BCUT2D eigenvalue weighted by atomic mass is 9.96. The van der Waals surface area contributed by atoms with Crippen LogP contribution in [-0.2, 0) is 32.3 Å². The van der Waals surface area contributed by atoms with Crippen molar-refractivity contribution in [3.8, 4) is 5.88 Å². The van der Waals surface area contributed by atoms with E-state index in [2.05, 4.69) is 15.0 Å². The van der Waals surface area contributed by atoms with Gasteiger partial charge in [-0.15, -0.1) is 0 Å². The van der Waals surface area contributed by atoms with Crippen molar-refractivity contribution in [1.82, 2.24) is 19.5 Å². The smallest absolute Gasteiger partial charge is 0.476 e. The van der Waals surface area contributed by atoms with E-state index in [1.807, 2.05) is 0 Å². The highest BCUT2D eigenvalue weighted by Gasteiger charge is 2.64. The minimum atomic E-state index is -4.26. The molecule has 6 atom stereocenters. The zero-order valence-corrected chi connectivity index (χ0v) is 22.1.